The van der Waals surface area contributed by atoms with Crippen LogP contribution in [-0.4, -0.2) is 35.7 Å². The number of amides is 1. The van der Waals surface area contributed by atoms with Crippen molar-refractivity contribution in [1.29, 1.82) is 0 Å². The fraction of sp³-hybridized carbons (Fsp3) is 0.227. The smallest absolute Gasteiger partial charge is 0.274 e. The first-order chi connectivity index (χ1) is 15.1. The highest BCUT2D eigenvalue weighted by atomic mass is 79.9. The molecule has 1 atom stereocenters. The summed E-state index contributed by atoms with van der Waals surface area (Å²) in [6.45, 7) is 1.96. The van der Waals surface area contributed by atoms with Gasteiger partial charge in [0.05, 0.1) is 23.1 Å². The summed E-state index contributed by atoms with van der Waals surface area (Å²) in [4.78, 5) is 17.0. The summed E-state index contributed by atoms with van der Waals surface area (Å²) < 4.78 is 4.47. The molecule has 1 N–H and O–H groups in total. The maximum absolute atomic E-state index is 13.1. The van der Waals surface area contributed by atoms with E-state index in [-0.39, 0.29) is 11.9 Å². The van der Waals surface area contributed by atoms with Gasteiger partial charge in [-0.15, -0.1) is 5.10 Å². The Labute approximate surface area is 187 Å². The molecule has 1 fully saturated rings. The zero-order chi connectivity index (χ0) is 21.4. The van der Waals surface area contributed by atoms with Crippen LogP contribution in [-0.2, 0) is 0 Å². The molecule has 2 aromatic heterocycles. The van der Waals surface area contributed by atoms with Crippen LogP contribution in [0.4, 0.5) is 0 Å². The molecule has 0 bridgehead atoms. The third kappa shape index (κ3) is 4.00. The first kappa shape index (κ1) is 19.6. The average molecular weight is 478 g/mol. The van der Waals surface area contributed by atoms with Crippen molar-refractivity contribution in [2.24, 2.45) is 0 Å². The lowest BCUT2D eigenvalue weighted by Gasteiger charge is -2.15. The normalized spacial score (nSPS) is 14.4. The molecule has 1 amide bonds. The van der Waals surface area contributed by atoms with E-state index in [2.05, 4.69) is 41.6 Å². The molecule has 1 unspecified atom stereocenters. The van der Waals surface area contributed by atoms with Gasteiger partial charge in [-0.25, -0.2) is 14.3 Å². The molecule has 0 radical (unpaired) electrons. The topological polar surface area (TPSA) is 90.5 Å². The van der Waals surface area contributed by atoms with E-state index in [1.807, 2.05) is 55.5 Å². The highest BCUT2D eigenvalue weighted by molar-refractivity contribution is 9.10. The van der Waals surface area contributed by atoms with Gasteiger partial charge in [-0.05, 0) is 61.7 Å². The van der Waals surface area contributed by atoms with Crippen molar-refractivity contribution in [1.82, 2.24) is 35.1 Å². The van der Waals surface area contributed by atoms with Crippen LogP contribution in [0.25, 0.3) is 11.4 Å². The number of hydrogen-bond acceptors (Lipinski definition) is 5. The van der Waals surface area contributed by atoms with Crippen molar-refractivity contribution in [2.45, 2.75) is 31.7 Å². The number of benzene rings is 2. The molecule has 0 saturated heterocycles. The van der Waals surface area contributed by atoms with E-state index >= 15 is 0 Å². The van der Waals surface area contributed by atoms with Gasteiger partial charge < -0.3 is 5.32 Å². The number of rotatable bonds is 6. The summed E-state index contributed by atoms with van der Waals surface area (Å²) in [6.07, 6.45) is 5.23. The van der Waals surface area contributed by atoms with Gasteiger partial charge in [0.25, 0.3) is 5.91 Å². The van der Waals surface area contributed by atoms with Crippen molar-refractivity contribution in [2.75, 3.05) is 0 Å². The van der Waals surface area contributed by atoms with Crippen LogP contribution in [0.2, 0.25) is 0 Å². The van der Waals surface area contributed by atoms with Gasteiger partial charge in [-0.1, -0.05) is 33.3 Å². The maximum Gasteiger partial charge on any atom is 0.274 e. The molecular formula is C22H20BrN7O. The van der Waals surface area contributed by atoms with Gasteiger partial charge in [0.15, 0.2) is 5.69 Å². The number of carbonyl (C=O) groups is 1. The molecule has 2 aromatic carbocycles. The molecule has 2 heterocycles. The lowest BCUT2D eigenvalue weighted by Crippen LogP contribution is -2.28. The summed E-state index contributed by atoms with van der Waals surface area (Å²) in [6, 6.07) is 15.5. The van der Waals surface area contributed by atoms with E-state index in [0.717, 1.165) is 39.9 Å². The van der Waals surface area contributed by atoms with E-state index in [0.29, 0.717) is 11.6 Å². The van der Waals surface area contributed by atoms with E-state index in [1.54, 1.807) is 15.7 Å². The summed E-state index contributed by atoms with van der Waals surface area (Å²) in [5.74, 6) is 0.106. The summed E-state index contributed by atoms with van der Waals surface area (Å²) in [5, 5.41) is 15.7. The van der Waals surface area contributed by atoms with Crippen LogP contribution in [0, 0.1) is 0 Å². The van der Waals surface area contributed by atoms with Crippen LogP contribution in [0.5, 0.6) is 0 Å². The maximum atomic E-state index is 13.1. The average Bonchev–Trinajstić information content (AvgIpc) is 3.29. The van der Waals surface area contributed by atoms with E-state index in [1.165, 1.54) is 6.33 Å². The summed E-state index contributed by atoms with van der Waals surface area (Å²) in [5.41, 5.74) is 4.08. The molecule has 9 heteroatoms. The third-order valence-corrected chi connectivity index (χ3v) is 5.91. The van der Waals surface area contributed by atoms with Crippen molar-refractivity contribution < 1.29 is 4.79 Å². The van der Waals surface area contributed by atoms with E-state index in [9.17, 15) is 4.79 Å². The minimum atomic E-state index is -0.210. The van der Waals surface area contributed by atoms with Gasteiger partial charge in [0.1, 0.15) is 12.7 Å². The quantitative estimate of drug-likeness (QED) is 0.453. The molecule has 1 aliphatic carbocycles. The minimum Gasteiger partial charge on any atom is -0.344 e. The van der Waals surface area contributed by atoms with Crippen LogP contribution < -0.4 is 5.32 Å². The first-order valence-corrected chi connectivity index (χ1v) is 10.9. The van der Waals surface area contributed by atoms with Crippen LogP contribution in [0.3, 0.4) is 0 Å². The second kappa shape index (κ2) is 8.07. The highest BCUT2D eigenvalue weighted by Gasteiger charge is 2.34. The Morgan fingerprint density at radius 3 is 2.45 bits per heavy atom. The molecule has 1 aliphatic rings. The Balaban J connectivity index is 1.36. The lowest BCUT2D eigenvalue weighted by molar-refractivity contribution is 0.0933. The molecule has 4 aromatic rings. The molecule has 1 saturated carbocycles. The minimum absolute atomic E-state index is 0.179. The SMILES string of the molecule is CC(NC(=O)c1nnn(-c2ccc(Br)cc2)c1C1CC1)c1ccc(-n2cncn2)cc1. The van der Waals surface area contributed by atoms with Gasteiger partial charge in [-0.3, -0.25) is 4.79 Å². The van der Waals surface area contributed by atoms with Gasteiger partial charge >= 0.3 is 0 Å². The third-order valence-electron chi connectivity index (χ3n) is 5.38. The molecule has 0 aliphatic heterocycles. The summed E-state index contributed by atoms with van der Waals surface area (Å²) >= 11 is 3.45. The van der Waals surface area contributed by atoms with E-state index in [4.69, 9.17) is 0 Å². The molecule has 8 nitrogen and oxygen atoms in total. The second-order valence-electron chi connectivity index (χ2n) is 7.61. The second-order valence-corrected chi connectivity index (χ2v) is 8.53. The first-order valence-electron chi connectivity index (χ1n) is 10.1. The zero-order valence-corrected chi connectivity index (χ0v) is 18.4. The fourth-order valence-corrected chi connectivity index (χ4v) is 3.82. The summed E-state index contributed by atoms with van der Waals surface area (Å²) in [7, 11) is 0. The number of halogens is 1. The van der Waals surface area contributed by atoms with Gasteiger partial charge in [-0.2, -0.15) is 5.10 Å². The molecule has 0 spiro atoms. The predicted molar refractivity (Wildman–Crippen MR) is 118 cm³/mol. The fourth-order valence-electron chi connectivity index (χ4n) is 3.55. The van der Waals surface area contributed by atoms with E-state index < -0.39 is 0 Å². The van der Waals surface area contributed by atoms with Crippen LogP contribution in [0.1, 0.15) is 53.5 Å². The zero-order valence-electron chi connectivity index (χ0n) is 16.8. The standard InChI is InChI=1S/C22H20BrN7O/c1-14(15-4-8-18(9-5-15)29-13-24-12-25-29)26-22(31)20-21(16-2-3-16)30(28-27-20)19-10-6-17(23)7-11-19/h4-14,16H,2-3H2,1H3,(H,26,31). The van der Waals surface area contributed by atoms with Crippen molar-refractivity contribution in [3.63, 3.8) is 0 Å². The molecule has 5 rings (SSSR count). The lowest BCUT2D eigenvalue weighted by atomic mass is 10.1. The predicted octanol–water partition coefficient (Wildman–Crippen LogP) is 3.98. The van der Waals surface area contributed by atoms with Crippen LogP contribution in [0.15, 0.2) is 65.7 Å². The Hall–Kier alpha value is -3.33. The number of hydrogen-bond donors (Lipinski definition) is 1. The largest absolute Gasteiger partial charge is 0.344 e. The highest BCUT2D eigenvalue weighted by Crippen LogP contribution is 2.42. The van der Waals surface area contributed by atoms with Crippen LogP contribution >= 0.6 is 15.9 Å². The monoisotopic (exact) mass is 477 g/mol. The number of nitrogens with zero attached hydrogens (tertiary/aromatic N) is 6. The van der Waals surface area contributed by atoms with Gasteiger partial charge in [0.2, 0.25) is 0 Å². The Kier molecular flexibility index (Phi) is 5.11. The number of carbonyl (C=O) groups excluding carboxylic acids is 1. The number of aromatic nitrogens is 6. The Morgan fingerprint density at radius 2 is 1.81 bits per heavy atom. The Morgan fingerprint density at radius 1 is 1.10 bits per heavy atom. The van der Waals surface area contributed by atoms with Gasteiger partial charge in [0, 0.05) is 10.4 Å². The van der Waals surface area contributed by atoms with Crippen molar-refractivity contribution >= 4 is 21.8 Å². The molecule has 156 valence electrons. The molecule has 31 heavy (non-hydrogen) atoms. The van der Waals surface area contributed by atoms with Crippen molar-refractivity contribution in [3.8, 4) is 11.4 Å². The van der Waals surface area contributed by atoms with Crippen molar-refractivity contribution in [3.05, 3.63) is 82.6 Å². The molecular weight excluding hydrogens is 458 g/mol. The number of nitrogens with one attached hydrogen (secondary N) is 1. The Bertz CT molecular complexity index is 1200.